The van der Waals surface area contributed by atoms with Gasteiger partial charge in [-0.25, -0.2) is 4.98 Å². The number of ether oxygens (including phenoxy) is 3. The normalized spacial score (nSPS) is 14.8. The number of hydrogen-bond acceptors (Lipinski definition) is 7. The number of fused-ring (bicyclic) bond motifs is 4. The summed E-state index contributed by atoms with van der Waals surface area (Å²) >= 11 is 1.76. The quantitative estimate of drug-likeness (QED) is 0.471. The van der Waals surface area contributed by atoms with Gasteiger partial charge in [-0.3, -0.25) is 4.98 Å². The summed E-state index contributed by atoms with van der Waals surface area (Å²) < 4.78 is 17.2. The number of pyridine rings is 1. The lowest BCUT2D eigenvalue weighted by molar-refractivity contribution is 0.174. The van der Waals surface area contributed by atoms with Gasteiger partial charge in [0.1, 0.15) is 10.6 Å². The molecule has 3 aromatic heterocycles. The van der Waals surface area contributed by atoms with Gasteiger partial charge in [0.25, 0.3) is 0 Å². The van der Waals surface area contributed by atoms with Gasteiger partial charge >= 0.3 is 0 Å². The first-order valence-electron chi connectivity index (χ1n) is 9.65. The monoisotopic (exact) mass is 403 g/mol. The van der Waals surface area contributed by atoms with E-state index < -0.39 is 0 Å². The second kappa shape index (κ2) is 6.70. The van der Waals surface area contributed by atoms with Crippen LogP contribution in [0.4, 0.5) is 0 Å². The van der Waals surface area contributed by atoms with Crippen molar-refractivity contribution in [2.24, 2.45) is 0 Å². The van der Waals surface area contributed by atoms with Gasteiger partial charge in [0.15, 0.2) is 17.3 Å². The number of thiophene rings is 1. The zero-order valence-electron chi connectivity index (χ0n) is 15.6. The third-order valence-electron chi connectivity index (χ3n) is 5.26. The molecule has 0 atom stereocenters. The molecule has 0 saturated heterocycles. The van der Waals surface area contributed by atoms with Gasteiger partial charge in [-0.15, -0.1) is 11.3 Å². The first-order chi connectivity index (χ1) is 14.3. The summed E-state index contributed by atoms with van der Waals surface area (Å²) in [6.45, 7) is 0.236. The number of aromatic nitrogens is 3. The standard InChI is InChI=1S/C22H17N3O3S/c1-2-6-18-15(5-1)19-21(28-14-7-8-16-17(10-14)27-12-26-16)24-20(25-22(19)29-18)13-4-3-9-23-11-13/h3-4,7-11H,1-2,5-6,12H2. The Morgan fingerprint density at radius 2 is 1.93 bits per heavy atom. The first kappa shape index (κ1) is 16.7. The van der Waals surface area contributed by atoms with Crippen molar-refractivity contribution in [2.75, 3.05) is 6.79 Å². The number of aryl methyl sites for hydroxylation is 2. The molecule has 144 valence electrons. The van der Waals surface area contributed by atoms with E-state index in [1.54, 1.807) is 23.7 Å². The molecule has 4 heterocycles. The van der Waals surface area contributed by atoms with Crippen molar-refractivity contribution < 1.29 is 14.2 Å². The van der Waals surface area contributed by atoms with E-state index in [0.717, 1.165) is 34.4 Å². The number of benzene rings is 1. The van der Waals surface area contributed by atoms with Crippen molar-refractivity contribution >= 4 is 21.6 Å². The van der Waals surface area contributed by atoms with Crippen LogP contribution in [0, 0.1) is 0 Å². The van der Waals surface area contributed by atoms with E-state index in [0.29, 0.717) is 23.2 Å². The Bertz CT molecular complexity index is 1220. The summed E-state index contributed by atoms with van der Waals surface area (Å²) in [6, 6.07) is 9.44. The summed E-state index contributed by atoms with van der Waals surface area (Å²) in [5.41, 5.74) is 2.21. The van der Waals surface area contributed by atoms with Gasteiger partial charge in [0.2, 0.25) is 12.7 Å². The number of rotatable bonds is 3. The van der Waals surface area contributed by atoms with Crippen molar-refractivity contribution in [3.05, 3.63) is 53.2 Å². The van der Waals surface area contributed by atoms with Gasteiger partial charge in [0.05, 0.1) is 5.39 Å². The first-order valence-corrected chi connectivity index (χ1v) is 10.5. The molecule has 1 aromatic carbocycles. The van der Waals surface area contributed by atoms with Crippen LogP contribution >= 0.6 is 11.3 Å². The molecule has 0 spiro atoms. The molecular weight excluding hydrogens is 386 g/mol. The molecule has 6 rings (SSSR count). The molecule has 1 aliphatic carbocycles. The Balaban J connectivity index is 1.51. The van der Waals surface area contributed by atoms with E-state index >= 15 is 0 Å². The summed E-state index contributed by atoms with van der Waals surface area (Å²) in [6.07, 6.45) is 8.08. The fourth-order valence-electron chi connectivity index (χ4n) is 3.87. The summed E-state index contributed by atoms with van der Waals surface area (Å²) in [7, 11) is 0. The molecule has 7 heteroatoms. The molecule has 1 aliphatic heterocycles. The average Bonchev–Trinajstić information content (AvgIpc) is 3.38. The molecule has 4 aromatic rings. The van der Waals surface area contributed by atoms with Crippen LogP contribution in [0.5, 0.6) is 23.1 Å². The van der Waals surface area contributed by atoms with Crippen LogP contribution in [-0.2, 0) is 12.8 Å². The highest BCUT2D eigenvalue weighted by atomic mass is 32.1. The molecule has 2 aliphatic rings. The van der Waals surface area contributed by atoms with Crippen molar-refractivity contribution in [1.29, 1.82) is 0 Å². The van der Waals surface area contributed by atoms with Gasteiger partial charge in [-0.1, -0.05) is 0 Å². The molecule has 0 unspecified atom stereocenters. The molecule has 0 fully saturated rings. The molecule has 0 radical (unpaired) electrons. The maximum Gasteiger partial charge on any atom is 0.231 e. The van der Waals surface area contributed by atoms with E-state index in [9.17, 15) is 0 Å². The van der Waals surface area contributed by atoms with Crippen LogP contribution in [0.2, 0.25) is 0 Å². The summed E-state index contributed by atoms with van der Waals surface area (Å²) in [5.74, 6) is 3.30. The Labute approximate surface area is 171 Å². The smallest absolute Gasteiger partial charge is 0.231 e. The highest BCUT2D eigenvalue weighted by Gasteiger charge is 2.23. The van der Waals surface area contributed by atoms with Crippen molar-refractivity contribution in [3.63, 3.8) is 0 Å². The van der Waals surface area contributed by atoms with Gasteiger partial charge in [-0.05, 0) is 55.5 Å². The van der Waals surface area contributed by atoms with Crippen LogP contribution in [0.1, 0.15) is 23.3 Å². The summed E-state index contributed by atoms with van der Waals surface area (Å²) in [4.78, 5) is 16.2. The minimum absolute atomic E-state index is 0.236. The molecular formula is C22H17N3O3S. The van der Waals surface area contributed by atoms with Crippen molar-refractivity contribution in [2.45, 2.75) is 25.7 Å². The van der Waals surface area contributed by atoms with Crippen LogP contribution < -0.4 is 14.2 Å². The fourth-order valence-corrected chi connectivity index (χ4v) is 5.13. The zero-order valence-corrected chi connectivity index (χ0v) is 16.4. The highest BCUT2D eigenvalue weighted by molar-refractivity contribution is 7.18. The van der Waals surface area contributed by atoms with Crippen LogP contribution in [-0.4, -0.2) is 21.7 Å². The lowest BCUT2D eigenvalue weighted by atomic mass is 9.97. The predicted octanol–water partition coefficient (Wildman–Crippen LogP) is 5.15. The third-order valence-corrected chi connectivity index (χ3v) is 6.45. The predicted molar refractivity (Wildman–Crippen MR) is 110 cm³/mol. The van der Waals surface area contributed by atoms with E-state index in [-0.39, 0.29) is 6.79 Å². The maximum atomic E-state index is 6.30. The zero-order chi connectivity index (χ0) is 19.2. The van der Waals surface area contributed by atoms with Crippen molar-refractivity contribution in [3.8, 4) is 34.5 Å². The Morgan fingerprint density at radius 1 is 1.00 bits per heavy atom. The van der Waals surface area contributed by atoms with E-state index in [1.807, 2.05) is 30.3 Å². The maximum absolute atomic E-state index is 6.30. The topological polar surface area (TPSA) is 66.4 Å². The Hall–Kier alpha value is -3.19. The molecule has 0 saturated carbocycles. The minimum Gasteiger partial charge on any atom is -0.454 e. The van der Waals surface area contributed by atoms with Crippen LogP contribution in [0.15, 0.2) is 42.7 Å². The second-order valence-electron chi connectivity index (χ2n) is 7.10. The lowest BCUT2D eigenvalue weighted by Crippen LogP contribution is -2.00. The highest BCUT2D eigenvalue weighted by Crippen LogP contribution is 2.43. The van der Waals surface area contributed by atoms with Gasteiger partial charge < -0.3 is 14.2 Å². The van der Waals surface area contributed by atoms with Crippen LogP contribution in [0.3, 0.4) is 0 Å². The third kappa shape index (κ3) is 2.89. The second-order valence-corrected chi connectivity index (χ2v) is 8.19. The van der Waals surface area contributed by atoms with Crippen LogP contribution in [0.25, 0.3) is 21.6 Å². The number of hydrogen-bond donors (Lipinski definition) is 0. The Morgan fingerprint density at radius 3 is 2.86 bits per heavy atom. The van der Waals surface area contributed by atoms with Gasteiger partial charge in [0, 0.05) is 28.9 Å². The molecule has 29 heavy (non-hydrogen) atoms. The lowest BCUT2D eigenvalue weighted by Gasteiger charge is -2.13. The molecule has 0 bridgehead atoms. The largest absolute Gasteiger partial charge is 0.454 e. The average molecular weight is 403 g/mol. The fraction of sp³-hybridized carbons (Fsp3) is 0.227. The SMILES string of the molecule is c1cncc(-c2nc(Oc3ccc4c(c3)OCO4)c3c4c(sc3n2)CCCC4)c1. The van der Waals surface area contributed by atoms with Gasteiger partial charge in [-0.2, -0.15) is 4.98 Å². The molecule has 6 nitrogen and oxygen atoms in total. The van der Waals surface area contributed by atoms with E-state index in [1.165, 1.54) is 23.3 Å². The Kier molecular flexibility index (Phi) is 3.87. The van der Waals surface area contributed by atoms with E-state index in [2.05, 4.69) is 4.98 Å². The summed E-state index contributed by atoms with van der Waals surface area (Å²) in [5, 5.41) is 1.04. The van der Waals surface area contributed by atoms with E-state index in [4.69, 9.17) is 24.2 Å². The number of nitrogens with zero attached hydrogens (tertiary/aromatic N) is 3. The minimum atomic E-state index is 0.236. The molecule has 0 N–H and O–H groups in total. The molecule has 0 amide bonds. The van der Waals surface area contributed by atoms with Crippen molar-refractivity contribution in [1.82, 2.24) is 15.0 Å².